The fourth-order valence-corrected chi connectivity index (χ4v) is 4.38. The number of hydrogen-bond donors (Lipinski definition) is 1. The molecular formula is C10H14N2O4S2. The maximum atomic E-state index is 12.3. The molecule has 1 fully saturated rings. The van der Waals surface area contributed by atoms with Gasteiger partial charge in [0.2, 0.25) is 0 Å². The molecule has 18 heavy (non-hydrogen) atoms. The third kappa shape index (κ3) is 2.56. The molecule has 1 aromatic rings. The van der Waals surface area contributed by atoms with E-state index in [0.29, 0.717) is 17.3 Å². The number of carbonyl (C=O) groups is 1. The molecule has 1 aliphatic heterocycles. The van der Waals surface area contributed by atoms with Crippen LogP contribution in [0.5, 0.6) is 0 Å². The van der Waals surface area contributed by atoms with Crippen LogP contribution in [0.4, 0.5) is 0 Å². The van der Waals surface area contributed by atoms with E-state index in [0.717, 1.165) is 0 Å². The lowest BCUT2D eigenvalue weighted by Gasteiger charge is -2.30. The summed E-state index contributed by atoms with van der Waals surface area (Å²) in [6.07, 6.45) is 0. The van der Waals surface area contributed by atoms with Crippen LogP contribution in [0.3, 0.4) is 0 Å². The van der Waals surface area contributed by atoms with Gasteiger partial charge in [0.15, 0.2) is 0 Å². The Hall–Kier alpha value is -0.960. The van der Waals surface area contributed by atoms with E-state index in [-0.39, 0.29) is 6.54 Å². The van der Waals surface area contributed by atoms with Gasteiger partial charge in [0.05, 0.1) is 7.11 Å². The first-order valence-corrected chi connectivity index (χ1v) is 7.72. The topological polar surface area (TPSA) is 75.7 Å². The number of carbonyl (C=O) groups excluding carboxylic acids is 1. The van der Waals surface area contributed by atoms with Crippen molar-refractivity contribution in [1.29, 1.82) is 0 Å². The molecule has 2 rings (SSSR count). The van der Waals surface area contributed by atoms with Crippen LogP contribution in [0.25, 0.3) is 0 Å². The molecule has 8 heteroatoms. The Balaban J connectivity index is 2.17. The average Bonchev–Trinajstić information content (AvgIpc) is 2.92. The van der Waals surface area contributed by atoms with E-state index < -0.39 is 22.0 Å². The number of piperazine rings is 1. The first-order valence-electron chi connectivity index (χ1n) is 5.40. The van der Waals surface area contributed by atoms with Gasteiger partial charge in [-0.3, -0.25) is 4.79 Å². The van der Waals surface area contributed by atoms with Gasteiger partial charge in [-0.15, -0.1) is 11.3 Å². The van der Waals surface area contributed by atoms with Crippen LogP contribution in [0.2, 0.25) is 0 Å². The molecule has 1 atom stereocenters. The highest BCUT2D eigenvalue weighted by atomic mass is 32.2. The lowest BCUT2D eigenvalue weighted by atomic mass is 10.2. The quantitative estimate of drug-likeness (QED) is 0.786. The van der Waals surface area contributed by atoms with E-state index in [1.165, 1.54) is 22.8 Å². The van der Waals surface area contributed by atoms with Gasteiger partial charge in [-0.2, -0.15) is 4.31 Å². The predicted octanol–water partition coefficient (Wildman–Crippen LogP) is -0.116. The van der Waals surface area contributed by atoms with Crippen LogP contribution in [0.15, 0.2) is 21.7 Å². The van der Waals surface area contributed by atoms with Gasteiger partial charge in [0.25, 0.3) is 10.0 Å². The number of thiophene rings is 1. The van der Waals surface area contributed by atoms with Crippen molar-refractivity contribution in [2.45, 2.75) is 10.3 Å². The number of hydrogen-bond acceptors (Lipinski definition) is 6. The molecule has 0 radical (unpaired) electrons. The lowest BCUT2D eigenvalue weighted by molar-refractivity contribution is -0.143. The zero-order valence-electron chi connectivity index (χ0n) is 9.83. The summed E-state index contributed by atoms with van der Waals surface area (Å²) in [6, 6.07) is 2.66. The van der Waals surface area contributed by atoms with Gasteiger partial charge in [0, 0.05) is 19.6 Å². The third-order valence-corrected chi connectivity index (χ3v) is 5.95. The molecular weight excluding hydrogens is 276 g/mol. The molecule has 1 aromatic heterocycles. The molecule has 0 spiro atoms. The first-order chi connectivity index (χ1) is 8.55. The summed E-state index contributed by atoms with van der Waals surface area (Å²) in [5.41, 5.74) is 0. The van der Waals surface area contributed by atoms with Gasteiger partial charge >= 0.3 is 5.97 Å². The molecule has 0 unspecified atom stereocenters. The Bertz CT molecular complexity index is 512. The van der Waals surface area contributed by atoms with Crippen molar-refractivity contribution in [1.82, 2.24) is 9.62 Å². The van der Waals surface area contributed by atoms with E-state index in [4.69, 9.17) is 0 Å². The van der Waals surface area contributed by atoms with Crippen molar-refractivity contribution in [3.63, 3.8) is 0 Å². The number of nitrogens with zero attached hydrogens (tertiary/aromatic N) is 1. The second-order valence-corrected chi connectivity index (χ2v) is 6.94. The smallest absolute Gasteiger partial charge is 0.324 e. The Kier molecular flexibility index (Phi) is 4.00. The van der Waals surface area contributed by atoms with Gasteiger partial charge in [-0.1, -0.05) is 6.07 Å². The maximum absolute atomic E-state index is 12.3. The summed E-state index contributed by atoms with van der Waals surface area (Å²) in [5, 5.41) is 4.66. The minimum Gasteiger partial charge on any atom is -0.468 e. The number of rotatable bonds is 3. The summed E-state index contributed by atoms with van der Waals surface area (Å²) in [7, 11) is -2.20. The number of nitrogens with one attached hydrogen (secondary N) is 1. The second-order valence-electron chi connectivity index (χ2n) is 3.83. The fourth-order valence-electron chi connectivity index (χ4n) is 1.78. The van der Waals surface area contributed by atoms with Crippen molar-refractivity contribution in [3.8, 4) is 0 Å². The molecule has 0 aromatic carbocycles. The minimum atomic E-state index is -3.49. The molecule has 0 bridgehead atoms. The molecule has 1 saturated heterocycles. The summed E-state index contributed by atoms with van der Waals surface area (Å²) in [5.74, 6) is -0.443. The highest BCUT2D eigenvalue weighted by Gasteiger charge is 2.33. The van der Waals surface area contributed by atoms with E-state index in [2.05, 4.69) is 10.1 Å². The second kappa shape index (κ2) is 5.35. The van der Waals surface area contributed by atoms with Gasteiger partial charge in [-0.05, 0) is 11.4 Å². The van der Waals surface area contributed by atoms with Crippen molar-refractivity contribution in [2.24, 2.45) is 0 Å². The Labute approximate surface area is 110 Å². The van der Waals surface area contributed by atoms with Crippen LogP contribution < -0.4 is 5.32 Å². The highest BCUT2D eigenvalue weighted by Crippen LogP contribution is 2.21. The van der Waals surface area contributed by atoms with Crippen LogP contribution >= 0.6 is 11.3 Å². The number of sulfonamides is 1. The Morgan fingerprint density at radius 1 is 1.61 bits per heavy atom. The zero-order chi connectivity index (χ0) is 13.2. The average molecular weight is 290 g/mol. The molecule has 6 nitrogen and oxygen atoms in total. The SMILES string of the molecule is COC(=O)[C@@H]1CN(S(=O)(=O)c2cccs2)CCN1. The Morgan fingerprint density at radius 3 is 3.00 bits per heavy atom. The normalized spacial score (nSPS) is 21.7. The summed E-state index contributed by atoms with van der Waals surface area (Å²) in [4.78, 5) is 11.4. The summed E-state index contributed by atoms with van der Waals surface area (Å²) in [6.45, 7) is 0.894. The summed E-state index contributed by atoms with van der Waals surface area (Å²) < 4.78 is 30.8. The van der Waals surface area contributed by atoms with Gasteiger partial charge in [0.1, 0.15) is 10.3 Å². The van der Waals surface area contributed by atoms with E-state index in [1.54, 1.807) is 17.5 Å². The third-order valence-electron chi connectivity index (χ3n) is 2.71. The molecule has 2 heterocycles. The number of methoxy groups -OCH3 is 1. The zero-order valence-corrected chi connectivity index (χ0v) is 11.5. The Morgan fingerprint density at radius 2 is 2.39 bits per heavy atom. The molecule has 0 aliphatic carbocycles. The molecule has 0 amide bonds. The lowest BCUT2D eigenvalue weighted by Crippen LogP contribution is -2.55. The summed E-state index contributed by atoms with van der Waals surface area (Å²) >= 11 is 1.17. The van der Waals surface area contributed by atoms with Crippen LogP contribution in [-0.4, -0.2) is 51.5 Å². The van der Waals surface area contributed by atoms with Gasteiger partial charge < -0.3 is 10.1 Å². The van der Waals surface area contributed by atoms with Crippen LogP contribution in [0, 0.1) is 0 Å². The van der Waals surface area contributed by atoms with Crippen molar-refractivity contribution in [2.75, 3.05) is 26.7 Å². The van der Waals surface area contributed by atoms with Crippen molar-refractivity contribution >= 4 is 27.3 Å². The fraction of sp³-hybridized carbons (Fsp3) is 0.500. The predicted molar refractivity (Wildman–Crippen MR) is 66.9 cm³/mol. The highest BCUT2D eigenvalue weighted by molar-refractivity contribution is 7.91. The maximum Gasteiger partial charge on any atom is 0.324 e. The molecule has 1 aliphatic rings. The number of ether oxygens (including phenoxy) is 1. The van der Waals surface area contributed by atoms with Crippen LogP contribution in [-0.2, 0) is 19.6 Å². The largest absolute Gasteiger partial charge is 0.468 e. The molecule has 1 N–H and O–H groups in total. The van der Waals surface area contributed by atoms with E-state index in [1.807, 2.05) is 0 Å². The molecule has 0 saturated carbocycles. The van der Waals surface area contributed by atoms with E-state index in [9.17, 15) is 13.2 Å². The minimum absolute atomic E-state index is 0.104. The monoisotopic (exact) mass is 290 g/mol. The van der Waals surface area contributed by atoms with Gasteiger partial charge in [-0.25, -0.2) is 8.42 Å². The van der Waals surface area contributed by atoms with E-state index >= 15 is 0 Å². The first kappa shape index (κ1) is 13.5. The van der Waals surface area contributed by atoms with Crippen molar-refractivity contribution < 1.29 is 17.9 Å². The van der Waals surface area contributed by atoms with Crippen LogP contribution in [0.1, 0.15) is 0 Å². The molecule has 100 valence electrons. The standard InChI is InChI=1S/C10H14N2O4S2/c1-16-10(13)8-7-12(5-4-11-8)18(14,15)9-3-2-6-17-9/h2-3,6,8,11H,4-5,7H2,1H3/t8-/m0/s1. The number of esters is 1. The van der Waals surface area contributed by atoms with Crippen molar-refractivity contribution in [3.05, 3.63) is 17.5 Å².